The molecule has 2 amide bonds. The maximum absolute atomic E-state index is 15.2. The van der Waals surface area contributed by atoms with Gasteiger partial charge in [0, 0.05) is 29.8 Å². The summed E-state index contributed by atoms with van der Waals surface area (Å²) in [6.07, 6.45) is 1.36. The van der Waals surface area contributed by atoms with Gasteiger partial charge in [0.2, 0.25) is 5.78 Å². The van der Waals surface area contributed by atoms with Crippen LogP contribution in [0.5, 0.6) is 0 Å². The normalized spacial score (nSPS) is 15.3. The number of nitrogens with one attached hydrogen (secondary N) is 3. The number of amides is 2. The molecule has 38 heavy (non-hydrogen) atoms. The SMILES string of the molecule is O=C(Nc1ccc(F)c(F)c1)Nc1cc(F)cc(C(=O)c2cc3ccc(C4COCCN4)nc3cn2)c1F. The number of anilines is 2. The number of halogens is 4. The Morgan fingerprint density at radius 1 is 0.974 bits per heavy atom. The lowest BCUT2D eigenvalue weighted by molar-refractivity contribution is 0.0757. The number of ether oxygens (including phenoxy) is 1. The molecule has 1 atom stereocenters. The smallest absolute Gasteiger partial charge is 0.323 e. The number of hydrogen-bond donors (Lipinski definition) is 3. The molecule has 5 rings (SSSR count). The number of benzene rings is 2. The second-order valence-corrected chi connectivity index (χ2v) is 8.43. The minimum Gasteiger partial charge on any atom is -0.378 e. The van der Waals surface area contributed by atoms with Gasteiger partial charge in [-0.2, -0.15) is 0 Å². The largest absolute Gasteiger partial charge is 0.378 e. The number of fused-ring (bicyclic) bond motifs is 1. The predicted molar refractivity (Wildman–Crippen MR) is 130 cm³/mol. The van der Waals surface area contributed by atoms with E-state index in [-0.39, 0.29) is 17.4 Å². The van der Waals surface area contributed by atoms with Crippen LogP contribution in [-0.4, -0.2) is 41.5 Å². The molecule has 2 aromatic heterocycles. The summed E-state index contributed by atoms with van der Waals surface area (Å²) in [6.45, 7) is 1.78. The van der Waals surface area contributed by atoms with Crippen molar-refractivity contribution in [3.63, 3.8) is 0 Å². The highest BCUT2D eigenvalue weighted by Gasteiger charge is 2.22. The van der Waals surface area contributed by atoms with Gasteiger partial charge in [-0.15, -0.1) is 0 Å². The van der Waals surface area contributed by atoms with Gasteiger partial charge in [-0.3, -0.25) is 9.78 Å². The summed E-state index contributed by atoms with van der Waals surface area (Å²) < 4.78 is 61.4. The number of rotatable bonds is 5. The van der Waals surface area contributed by atoms with Gasteiger partial charge >= 0.3 is 6.03 Å². The van der Waals surface area contributed by atoms with Crippen molar-refractivity contribution in [2.45, 2.75) is 6.04 Å². The molecule has 3 heterocycles. The van der Waals surface area contributed by atoms with Crippen molar-refractivity contribution < 1.29 is 31.9 Å². The first kappa shape index (κ1) is 25.2. The summed E-state index contributed by atoms with van der Waals surface area (Å²) in [6, 6.07) is 7.74. The van der Waals surface area contributed by atoms with E-state index in [1.54, 1.807) is 12.1 Å². The van der Waals surface area contributed by atoms with Crippen LogP contribution in [0.1, 0.15) is 27.8 Å². The van der Waals surface area contributed by atoms with Crippen LogP contribution in [0.25, 0.3) is 10.9 Å². The molecule has 1 aliphatic heterocycles. The lowest BCUT2D eigenvalue weighted by Gasteiger charge is -2.23. The van der Waals surface area contributed by atoms with Gasteiger partial charge in [0.05, 0.1) is 47.9 Å². The molecule has 4 aromatic rings. The fraction of sp³-hybridized carbons (Fsp3) is 0.154. The maximum Gasteiger partial charge on any atom is 0.323 e. The monoisotopic (exact) mass is 525 g/mol. The van der Waals surface area contributed by atoms with Gasteiger partial charge in [0.1, 0.15) is 11.5 Å². The van der Waals surface area contributed by atoms with Gasteiger partial charge in [-0.25, -0.2) is 27.3 Å². The molecule has 8 nitrogen and oxygen atoms in total. The number of hydrogen-bond acceptors (Lipinski definition) is 6. The molecule has 12 heteroatoms. The first-order chi connectivity index (χ1) is 18.3. The first-order valence-corrected chi connectivity index (χ1v) is 11.4. The minimum atomic E-state index is -1.21. The van der Waals surface area contributed by atoms with Crippen molar-refractivity contribution >= 4 is 34.1 Å². The number of urea groups is 1. The van der Waals surface area contributed by atoms with E-state index in [0.717, 1.165) is 17.8 Å². The highest BCUT2D eigenvalue weighted by atomic mass is 19.2. The number of pyridine rings is 2. The fourth-order valence-electron chi connectivity index (χ4n) is 3.96. The Labute approximate surface area is 213 Å². The molecular weight excluding hydrogens is 506 g/mol. The highest BCUT2D eigenvalue weighted by Crippen LogP contribution is 2.25. The average Bonchev–Trinajstić information content (AvgIpc) is 2.92. The molecule has 0 aliphatic carbocycles. The van der Waals surface area contributed by atoms with Gasteiger partial charge in [-0.1, -0.05) is 6.07 Å². The van der Waals surface area contributed by atoms with Gasteiger partial charge < -0.3 is 20.7 Å². The van der Waals surface area contributed by atoms with Gasteiger partial charge in [0.15, 0.2) is 17.5 Å². The quantitative estimate of drug-likeness (QED) is 0.257. The third-order valence-corrected chi connectivity index (χ3v) is 5.82. The van der Waals surface area contributed by atoms with E-state index < -0.39 is 46.3 Å². The summed E-state index contributed by atoms with van der Waals surface area (Å²) in [4.78, 5) is 33.9. The Bertz CT molecular complexity index is 1560. The molecule has 0 radical (unpaired) electrons. The van der Waals surface area contributed by atoms with Crippen LogP contribution in [0.15, 0.2) is 54.7 Å². The van der Waals surface area contributed by atoms with Crippen LogP contribution >= 0.6 is 0 Å². The van der Waals surface area contributed by atoms with Crippen LogP contribution in [-0.2, 0) is 4.74 Å². The summed E-state index contributed by atoms with van der Waals surface area (Å²) >= 11 is 0. The van der Waals surface area contributed by atoms with Crippen LogP contribution < -0.4 is 16.0 Å². The topological polar surface area (TPSA) is 105 Å². The Morgan fingerprint density at radius 3 is 2.58 bits per heavy atom. The maximum atomic E-state index is 15.2. The van der Waals surface area contributed by atoms with Crippen molar-refractivity contribution in [2.75, 3.05) is 30.4 Å². The van der Waals surface area contributed by atoms with Crippen molar-refractivity contribution in [3.05, 3.63) is 94.9 Å². The third kappa shape index (κ3) is 5.31. The van der Waals surface area contributed by atoms with E-state index >= 15 is 4.39 Å². The Hall–Kier alpha value is -4.42. The molecule has 0 saturated carbocycles. The van der Waals surface area contributed by atoms with Crippen LogP contribution in [0.4, 0.5) is 33.7 Å². The third-order valence-electron chi connectivity index (χ3n) is 5.82. The number of aromatic nitrogens is 2. The molecule has 194 valence electrons. The second-order valence-electron chi connectivity index (χ2n) is 8.43. The number of morpholine rings is 1. The van der Waals surface area contributed by atoms with E-state index in [1.165, 1.54) is 12.3 Å². The Morgan fingerprint density at radius 2 is 1.82 bits per heavy atom. The van der Waals surface area contributed by atoms with Crippen molar-refractivity contribution in [3.8, 4) is 0 Å². The summed E-state index contributed by atoms with van der Waals surface area (Å²) in [5.41, 5.74) is -0.337. The molecular formula is C26H19F4N5O3. The zero-order valence-electron chi connectivity index (χ0n) is 19.5. The van der Waals surface area contributed by atoms with Crippen LogP contribution in [0, 0.1) is 23.3 Å². The van der Waals surface area contributed by atoms with Crippen molar-refractivity contribution in [1.29, 1.82) is 0 Å². The lowest BCUT2D eigenvalue weighted by atomic mass is 10.0. The van der Waals surface area contributed by atoms with E-state index in [0.29, 0.717) is 48.9 Å². The molecule has 2 aromatic carbocycles. The molecule has 1 aliphatic rings. The van der Waals surface area contributed by atoms with Crippen LogP contribution in [0.3, 0.4) is 0 Å². The fourth-order valence-corrected chi connectivity index (χ4v) is 3.96. The molecule has 1 unspecified atom stereocenters. The standard InChI is InChI=1S/C26H19F4N5O3/c27-14-8-16(24(30)20(9-14)35-26(37)33-15-2-3-17(28)18(29)10-15)25(36)21-7-13-1-4-19(34-22(13)11-32-21)23-12-38-6-5-31-23/h1-4,7-11,23,31H,5-6,12H2,(H2,33,35,37). The Kier molecular flexibility index (Phi) is 6.99. The van der Waals surface area contributed by atoms with Crippen molar-refractivity contribution in [2.24, 2.45) is 0 Å². The molecule has 1 fully saturated rings. The predicted octanol–water partition coefficient (Wildman–Crippen LogP) is 4.72. The van der Waals surface area contributed by atoms with E-state index in [1.807, 2.05) is 0 Å². The second kappa shape index (κ2) is 10.5. The summed E-state index contributed by atoms with van der Waals surface area (Å²) in [7, 11) is 0. The zero-order chi connectivity index (χ0) is 26.8. The number of carbonyl (C=O) groups excluding carboxylic acids is 2. The lowest BCUT2D eigenvalue weighted by Crippen LogP contribution is -2.35. The number of carbonyl (C=O) groups is 2. The average molecular weight is 525 g/mol. The molecule has 0 bridgehead atoms. The number of ketones is 1. The summed E-state index contributed by atoms with van der Waals surface area (Å²) in [5, 5.41) is 8.09. The van der Waals surface area contributed by atoms with Crippen molar-refractivity contribution in [1.82, 2.24) is 15.3 Å². The zero-order valence-corrected chi connectivity index (χ0v) is 19.5. The summed E-state index contributed by atoms with van der Waals surface area (Å²) in [5.74, 6) is -5.44. The minimum absolute atomic E-state index is 0.0824. The van der Waals surface area contributed by atoms with Gasteiger partial charge in [0.25, 0.3) is 0 Å². The molecule has 3 N–H and O–H groups in total. The van der Waals surface area contributed by atoms with E-state index in [9.17, 15) is 22.8 Å². The first-order valence-electron chi connectivity index (χ1n) is 11.4. The number of nitrogens with zero attached hydrogens (tertiary/aromatic N) is 2. The van der Waals surface area contributed by atoms with E-state index in [4.69, 9.17) is 4.74 Å². The highest BCUT2D eigenvalue weighted by molar-refractivity contribution is 6.10. The Balaban J connectivity index is 1.37. The van der Waals surface area contributed by atoms with E-state index in [2.05, 4.69) is 25.9 Å². The molecule has 0 spiro atoms. The van der Waals surface area contributed by atoms with Crippen LogP contribution in [0.2, 0.25) is 0 Å². The molecule has 1 saturated heterocycles. The van der Waals surface area contributed by atoms with Gasteiger partial charge in [-0.05, 0) is 30.3 Å².